The molecule has 0 saturated carbocycles. The van der Waals surface area contributed by atoms with Crippen molar-refractivity contribution in [2.24, 2.45) is 17.9 Å². The zero-order chi connectivity index (χ0) is 12.4. The standard InChI is InChI=1S/C12H14N4S/c1-8-10(7-14-15-12(13)17)9-5-3-4-6-11(9)16(8)2/h3-7H,1-2H3,(H3,13,15,17). The number of aromatic nitrogens is 1. The smallest absolute Gasteiger partial charge is 0.184 e. The van der Waals surface area contributed by atoms with Crippen LogP contribution in [0.25, 0.3) is 10.9 Å². The van der Waals surface area contributed by atoms with Crippen molar-refractivity contribution in [1.82, 2.24) is 9.99 Å². The van der Waals surface area contributed by atoms with Crippen LogP contribution >= 0.6 is 12.2 Å². The lowest BCUT2D eigenvalue weighted by molar-refractivity contribution is 0.916. The number of nitrogens with one attached hydrogen (secondary N) is 1. The summed E-state index contributed by atoms with van der Waals surface area (Å²) in [5, 5.41) is 5.34. The highest BCUT2D eigenvalue weighted by molar-refractivity contribution is 7.80. The van der Waals surface area contributed by atoms with Gasteiger partial charge in [0.25, 0.3) is 0 Å². The lowest BCUT2D eigenvalue weighted by atomic mass is 10.1. The van der Waals surface area contributed by atoms with Gasteiger partial charge in [-0.2, -0.15) is 5.10 Å². The molecule has 1 aromatic carbocycles. The maximum Gasteiger partial charge on any atom is 0.184 e. The van der Waals surface area contributed by atoms with Gasteiger partial charge in [-0.3, -0.25) is 5.43 Å². The highest BCUT2D eigenvalue weighted by atomic mass is 32.1. The first kappa shape index (κ1) is 11.6. The normalized spacial score (nSPS) is 11.2. The Morgan fingerprint density at radius 2 is 2.18 bits per heavy atom. The van der Waals surface area contributed by atoms with Crippen molar-refractivity contribution < 1.29 is 0 Å². The van der Waals surface area contributed by atoms with Gasteiger partial charge in [-0.25, -0.2) is 0 Å². The molecule has 0 aliphatic carbocycles. The first-order chi connectivity index (χ1) is 8.11. The number of rotatable bonds is 2. The van der Waals surface area contributed by atoms with E-state index in [1.165, 1.54) is 10.9 Å². The number of nitrogens with zero attached hydrogens (tertiary/aromatic N) is 2. The van der Waals surface area contributed by atoms with Crippen LogP contribution in [0.4, 0.5) is 0 Å². The molecule has 88 valence electrons. The van der Waals surface area contributed by atoms with Crippen LogP contribution in [0.3, 0.4) is 0 Å². The van der Waals surface area contributed by atoms with E-state index in [0.29, 0.717) is 0 Å². The molecule has 0 amide bonds. The lowest BCUT2D eigenvalue weighted by Gasteiger charge is -1.97. The molecular weight excluding hydrogens is 232 g/mol. The van der Waals surface area contributed by atoms with Gasteiger partial charge < -0.3 is 10.3 Å². The summed E-state index contributed by atoms with van der Waals surface area (Å²) in [5.74, 6) is 0. The Morgan fingerprint density at radius 1 is 1.47 bits per heavy atom. The minimum atomic E-state index is 0.166. The molecule has 0 atom stereocenters. The third kappa shape index (κ3) is 2.14. The second-order valence-electron chi connectivity index (χ2n) is 3.81. The Kier molecular flexibility index (Phi) is 3.10. The molecule has 0 bridgehead atoms. The van der Waals surface area contributed by atoms with E-state index >= 15 is 0 Å². The molecule has 0 aliphatic heterocycles. The van der Waals surface area contributed by atoms with Crippen LogP contribution in [0.5, 0.6) is 0 Å². The fourth-order valence-electron chi connectivity index (χ4n) is 1.87. The summed E-state index contributed by atoms with van der Waals surface area (Å²) in [6, 6.07) is 8.20. The number of fused-ring (bicyclic) bond motifs is 1. The van der Waals surface area contributed by atoms with Crippen LogP contribution in [0.1, 0.15) is 11.3 Å². The SMILES string of the molecule is Cc1c(C=NNC(N)=S)c2ccccc2n1C. The molecular formula is C12H14N4S. The first-order valence-corrected chi connectivity index (χ1v) is 5.64. The lowest BCUT2D eigenvalue weighted by Crippen LogP contribution is -2.24. The van der Waals surface area contributed by atoms with Gasteiger partial charge in [0.05, 0.1) is 6.21 Å². The Bertz CT molecular complexity index is 598. The van der Waals surface area contributed by atoms with Crippen molar-refractivity contribution in [3.8, 4) is 0 Å². The number of para-hydroxylation sites is 1. The summed E-state index contributed by atoms with van der Waals surface area (Å²) in [6.45, 7) is 2.06. The van der Waals surface area contributed by atoms with Crippen molar-refractivity contribution >= 4 is 34.4 Å². The molecule has 0 radical (unpaired) electrons. The van der Waals surface area contributed by atoms with Gasteiger partial charge >= 0.3 is 0 Å². The van der Waals surface area contributed by atoms with Crippen LogP contribution in [0.2, 0.25) is 0 Å². The maximum absolute atomic E-state index is 5.31. The van der Waals surface area contributed by atoms with Gasteiger partial charge in [0.2, 0.25) is 0 Å². The van der Waals surface area contributed by atoms with E-state index in [-0.39, 0.29) is 5.11 Å². The van der Waals surface area contributed by atoms with Crippen molar-refractivity contribution in [2.45, 2.75) is 6.92 Å². The van der Waals surface area contributed by atoms with Gasteiger partial charge in [-0.15, -0.1) is 0 Å². The van der Waals surface area contributed by atoms with E-state index in [4.69, 9.17) is 18.0 Å². The predicted molar refractivity (Wildman–Crippen MR) is 75.2 cm³/mol. The number of hydrazone groups is 1. The van der Waals surface area contributed by atoms with Crippen molar-refractivity contribution in [2.75, 3.05) is 0 Å². The summed E-state index contributed by atoms with van der Waals surface area (Å²) in [4.78, 5) is 0. The first-order valence-electron chi connectivity index (χ1n) is 5.24. The van der Waals surface area contributed by atoms with Crippen LogP contribution < -0.4 is 11.2 Å². The zero-order valence-electron chi connectivity index (χ0n) is 9.77. The maximum atomic E-state index is 5.31. The minimum absolute atomic E-state index is 0.166. The topological polar surface area (TPSA) is 55.3 Å². The van der Waals surface area contributed by atoms with Gasteiger partial charge in [0.1, 0.15) is 0 Å². The van der Waals surface area contributed by atoms with Crippen LogP contribution in [-0.4, -0.2) is 15.9 Å². The average molecular weight is 246 g/mol. The van der Waals surface area contributed by atoms with Gasteiger partial charge in [-0.1, -0.05) is 18.2 Å². The molecule has 0 aliphatic rings. The predicted octanol–water partition coefficient (Wildman–Crippen LogP) is 1.65. The Hall–Kier alpha value is -1.88. The fraction of sp³-hybridized carbons (Fsp3) is 0.167. The van der Waals surface area contributed by atoms with Crippen molar-refractivity contribution in [3.63, 3.8) is 0 Å². The highest BCUT2D eigenvalue weighted by Gasteiger charge is 2.08. The Balaban J connectivity index is 2.50. The molecule has 2 aromatic rings. The van der Waals surface area contributed by atoms with Gasteiger partial charge in [0, 0.05) is 29.2 Å². The summed E-state index contributed by atoms with van der Waals surface area (Å²) < 4.78 is 2.14. The third-order valence-electron chi connectivity index (χ3n) is 2.82. The molecule has 0 saturated heterocycles. The molecule has 0 spiro atoms. The average Bonchev–Trinajstić information content (AvgIpc) is 2.54. The summed E-state index contributed by atoms with van der Waals surface area (Å²) >= 11 is 4.69. The molecule has 0 fully saturated rings. The third-order valence-corrected chi connectivity index (χ3v) is 2.91. The second-order valence-corrected chi connectivity index (χ2v) is 4.25. The molecule has 3 N–H and O–H groups in total. The molecule has 0 unspecified atom stereocenters. The van der Waals surface area contributed by atoms with Crippen LogP contribution in [0, 0.1) is 6.92 Å². The van der Waals surface area contributed by atoms with Crippen LogP contribution in [-0.2, 0) is 7.05 Å². The van der Waals surface area contributed by atoms with E-state index in [1.54, 1.807) is 6.21 Å². The largest absolute Gasteiger partial charge is 0.375 e. The number of thiocarbonyl (C=S) groups is 1. The van der Waals surface area contributed by atoms with E-state index in [9.17, 15) is 0 Å². The van der Waals surface area contributed by atoms with E-state index in [2.05, 4.69) is 34.2 Å². The number of hydrogen-bond donors (Lipinski definition) is 2. The number of benzene rings is 1. The van der Waals surface area contributed by atoms with E-state index < -0.39 is 0 Å². The van der Waals surface area contributed by atoms with Crippen molar-refractivity contribution in [3.05, 3.63) is 35.5 Å². The molecule has 4 nitrogen and oxygen atoms in total. The van der Waals surface area contributed by atoms with Gasteiger partial charge in [-0.05, 0) is 25.2 Å². The fourth-order valence-corrected chi connectivity index (χ4v) is 1.93. The zero-order valence-corrected chi connectivity index (χ0v) is 10.6. The second kappa shape index (κ2) is 4.55. The number of nitrogens with two attached hydrogens (primary N) is 1. The number of hydrogen-bond acceptors (Lipinski definition) is 2. The number of aryl methyl sites for hydroxylation is 1. The summed E-state index contributed by atoms with van der Waals surface area (Å²) in [7, 11) is 2.04. The molecule has 5 heteroatoms. The van der Waals surface area contributed by atoms with Gasteiger partial charge in [0.15, 0.2) is 5.11 Å². The Morgan fingerprint density at radius 3 is 2.88 bits per heavy atom. The minimum Gasteiger partial charge on any atom is -0.375 e. The van der Waals surface area contributed by atoms with Crippen molar-refractivity contribution in [1.29, 1.82) is 0 Å². The Labute approximate surface area is 105 Å². The quantitative estimate of drug-likeness (QED) is 0.481. The molecule has 17 heavy (non-hydrogen) atoms. The highest BCUT2D eigenvalue weighted by Crippen LogP contribution is 2.22. The van der Waals surface area contributed by atoms with Crippen LogP contribution in [0.15, 0.2) is 29.4 Å². The summed E-state index contributed by atoms with van der Waals surface area (Å²) in [6.07, 6.45) is 1.75. The van der Waals surface area contributed by atoms with E-state index in [1.807, 2.05) is 19.2 Å². The molecule has 1 aromatic heterocycles. The monoisotopic (exact) mass is 246 g/mol. The summed E-state index contributed by atoms with van der Waals surface area (Å²) in [5.41, 5.74) is 11.3. The van der Waals surface area contributed by atoms with E-state index in [0.717, 1.165) is 11.3 Å². The molecule has 2 rings (SSSR count). The molecule has 1 heterocycles.